The van der Waals surface area contributed by atoms with Gasteiger partial charge in [-0.05, 0) is 45.7 Å². The lowest BCUT2D eigenvalue weighted by molar-refractivity contribution is 0.435. The number of hydrogen-bond acceptors (Lipinski definition) is 6. The molecule has 0 saturated heterocycles. The molecule has 10 heteroatoms. The Bertz CT molecular complexity index is 784. The van der Waals surface area contributed by atoms with Crippen LogP contribution in [-0.4, -0.2) is 29.7 Å². The molecule has 1 aromatic carbocycles. The average Bonchev–Trinajstić information content (AvgIpc) is 2.96. The van der Waals surface area contributed by atoms with Crippen LogP contribution in [0.3, 0.4) is 0 Å². The third-order valence-electron chi connectivity index (χ3n) is 2.30. The van der Waals surface area contributed by atoms with Crippen molar-refractivity contribution in [3.63, 3.8) is 0 Å². The molecule has 0 aliphatic rings. The van der Waals surface area contributed by atoms with Gasteiger partial charge in [0.05, 0.1) is 4.47 Å². The van der Waals surface area contributed by atoms with Gasteiger partial charge < -0.3 is 4.74 Å². The lowest BCUT2D eigenvalue weighted by Crippen LogP contribution is -2.05. The fraction of sp³-hybridized carbons (Fsp3) is 0. The summed E-state index contributed by atoms with van der Waals surface area (Å²) in [6.07, 6.45) is 2.74. The summed E-state index contributed by atoms with van der Waals surface area (Å²) in [5, 5.41) is 3.82. The summed E-state index contributed by atoms with van der Waals surface area (Å²) >= 11 is 8.88. The molecule has 106 valence electrons. The molecule has 0 bridgehead atoms. The van der Waals surface area contributed by atoms with E-state index in [1.165, 1.54) is 35.5 Å². The zero-order valence-corrected chi connectivity index (χ0v) is 12.5. The third kappa shape index (κ3) is 3.14. The van der Waals surface area contributed by atoms with Gasteiger partial charge in [0.2, 0.25) is 5.28 Å². The summed E-state index contributed by atoms with van der Waals surface area (Å²) in [4.78, 5) is 15.6. The Kier molecular flexibility index (Phi) is 3.76. The molecule has 3 aromatic rings. The maximum Gasteiger partial charge on any atom is 0.328 e. The molecule has 0 saturated carbocycles. The van der Waals surface area contributed by atoms with E-state index in [4.69, 9.17) is 16.3 Å². The minimum absolute atomic E-state index is 0.0426. The van der Waals surface area contributed by atoms with Crippen molar-refractivity contribution in [1.29, 1.82) is 0 Å². The van der Waals surface area contributed by atoms with Gasteiger partial charge in [0.25, 0.3) is 5.95 Å². The van der Waals surface area contributed by atoms with Crippen molar-refractivity contribution in [1.82, 2.24) is 29.7 Å². The van der Waals surface area contributed by atoms with E-state index >= 15 is 0 Å². The highest BCUT2D eigenvalue weighted by molar-refractivity contribution is 9.10. The highest BCUT2D eigenvalue weighted by Gasteiger charge is 2.10. The zero-order chi connectivity index (χ0) is 14.8. The van der Waals surface area contributed by atoms with E-state index in [9.17, 15) is 4.39 Å². The number of ether oxygens (including phenoxy) is 1. The molecule has 0 unspecified atom stereocenters. The van der Waals surface area contributed by atoms with E-state index in [0.29, 0.717) is 5.75 Å². The molecule has 0 aliphatic heterocycles. The largest absolute Gasteiger partial charge is 0.424 e. The van der Waals surface area contributed by atoms with Gasteiger partial charge >= 0.3 is 6.01 Å². The van der Waals surface area contributed by atoms with Crippen LogP contribution in [0.2, 0.25) is 5.28 Å². The lowest BCUT2D eigenvalue weighted by atomic mass is 10.3. The Morgan fingerprint density at radius 2 is 2.10 bits per heavy atom. The second kappa shape index (κ2) is 5.70. The Morgan fingerprint density at radius 1 is 1.24 bits per heavy atom. The molecule has 0 fully saturated rings. The summed E-state index contributed by atoms with van der Waals surface area (Å²) in [5.41, 5.74) is 0. The quantitative estimate of drug-likeness (QED) is 0.704. The second-order valence-corrected chi connectivity index (χ2v) is 4.90. The van der Waals surface area contributed by atoms with Crippen LogP contribution in [0.4, 0.5) is 4.39 Å². The van der Waals surface area contributed by atoms with Gasteiger partial charge in [0.15, 0.2) is 0 Å². The van der Waals surface area contributed by atoms with E-state index in [2.05, 4.69) is 41.0 Å². The number of nitrogens with zero attached hydrogens (tertiary/aromatic N) is 6. The summed E-state index contributed by atoms with van der Waals surface area (Å²) < 4.78 is 20.2. The molecule has 0 amide bonds. The average molecular weight is 372 g/mol. The van der Waals surface area contributed by atoms with Gasteiger partial charge in [-0.1, -0.05) is 0 Å². The van der Waals surface area contributed by atoms with Crippen molar-refractivity contribution in [3.05, 3.63) is 46.4 Å². The van der Waals surface area contributed by atoms with Crippen LogP contribution in [0.15, 0.2) is 35.3 Å². The molecular formula is C11H5BrClFN6O. The first kappa shape index (κ1) is 13.8. The molecule has 0 aliphatic carbocycles. The lowest BCUT2D eigenvalue weighted by Gasteiger charge is -2.06. The number of hydrogen-bond donors (Lipinski definition) is 0. The molecule has 2 aromatic heterocycles. The molecule has 3 rings (SSSR count). The van der Waals surface area contributed by atoms with E-state index in [1.54, 1.807) is 0 Å². The predicted molar refractivity (Wildman–Crippen MR) is 73.9 cm³/mol. The highest BCUT2D eigenvalue weighted by atomic mass is 79.9. The van der Waals surface area contributed by atoms with Crippen molar-refractivity contribution in [3.8, 4) is 17.7 Å². The van der Waals surface area contributed by atoms with Crippen molar-refractivity contribution >= 4 is 27.5 Å². The van der Waals surface area contributed by atoms with Crippen LogP contribution in [0.5, 0.6) is 11.8 Å². The first-order valence-corrected chi connectivity index (χ1v) is 6.68. The Labute approximate surface area is 130 Å². The minimum atomic E-state index is -0.403. The van der Waals surface area contributed by atoms with Gasteiger partial charge in [-0.15, -0.1) is 0 Å². The summed E-state index contributed by atoms with van der Waals surface area (Å²) in [6.45, 7) is 0. The molecule has 21 heavy (non-hydrogen) atoms. The fourth-order valence-corrected chi connectivity index (χ4v) is 1.93. The second-order valence-electron chi connectivity index (χ2n) is 3.71. The smallest absolute Gasteiger partial charge is 0.328 e. The van der Waals surface area contributed by atoms with Crippen molar-refractivity contribution in [2.75, 3.05) is 0 Å². The summed E-state index contributed by atoms with van der Waals surface area (Å²) in [5.74, 6) is 0.0955. The topological polar surface area (TPSA) is 78.6 Å². The normalized spacial score (nSPS) is 10.6. The van der Waals surface area contributed by atoms with Crippen molar-refractivity contribution in [2.45, 2.75) is 0 Å². The Hall–Kier alpha value is -2.13. The van der Waals surface area contributed by atoms with Crippen LogP contribution >= 0.6 is 27.5 Å². The van der Waals surface area contributed by atoms with Gasteiger partial charge in [0, 0.05) is 0 Å². The van der Waals surface area contributed by atoms with Crippen LogP contribution in [-0.2, 0) is 0 Å². The SMILES string of the molecule is Fc1ccc(Oc2nc(Cl)nc(-n3cncn3)n2)cc1Br. The van der Waals surface area contributed by atoms with Gasteiger partial charge in [0.1, 0.15) is 24.2 Å². The van der Waals surface area contributed by atoms with Crippen molar-refractivity contribution in [2.24, 2.45) is 0 Å². The highest BCUT2D eigenvalue weighted by Crippen LogP contribution is 2.25. The zero-order valence-electron chi connectivity index (χ0n) is 10.1. The van der Waals surface area contributed by atoms with Gasteiger partial charge in [-0.25, -0.2) is 9.37 Å². The molecule has 0 atom stereocenters. The first-order chi connectivity index (χ1) is 10.1. The summed E-state index contributed by atoms with van der Waals surface area (Å²) in [7, 11) is 0. The van der Waals surface area contributed by atoms with Crippen molar-refractivity contribution < 1.29 is 9.13 Å². The number of benzene rings is 1. The predicted octanol–water partition coefficient (Wildman–Crippen LogP) is 2.80. The molecule has 0 spiro atoms. The van der Waals surface area contributed by atoms with Crippen LogP contribution in [0, 0.1) is 5.82 Å². The maximum absolute atomic E-state index is 13.2. The third-order valence-corrected chi connectivity index (χ3v) is 3.08. The maximum atomic E-state index is 13.2. The van der Waals surface area contributed by atoms with Crippen LogP contribution < -0.4 is 4.74 Å². The minimum Gasteiger partial charge on any atom is -0.424 e. The summed E-state index contributed by atoms with van der Waals surface area (Å²) in [6, 6.07) is 4.09. The van der Waals surface area contributed by atoms with Gasteiger partial charge in [-0.3, -0.25) is 0 Å². The van der Waals surface area contributed by atoms with E-state index in [0.717, 1.165) is 0 Å². The van der Waals surface area contributed by atoms with E-state index in [-0.39, 0.29) is 21.7 Å². The van der Waals surface area contributed by atoms with Crippen LogP contribution in [0.25, 0.3) is 5.95 Å². The molecule has 2 heterocycles. The molecule has 7 nitrogen and oxygen atoms in total. The number of halogens is 3. The number of aromatic nitrogens is 6. The van der Waals surface area contributed by atoms with E-state index in [1.807, 2.05) is 0 Å². The first-order valence-electron chi connectivity index (χ1n) is 5.51. The molecule has 0 N–H and O–H groups in total. The molecular weight excluding hydrogens is 367 g/mol. The monoisotopic (exact) mass is 370 g/mol. The van der Waals surface area contributed by atoms with Crippen LogP contribution in [0.1, 0.15) is 0 Å². The van der Waals surface area contributed by atoms with Gasteiger partial charge in [-0.2, -0.15) is 24.7 Å². The number of rotatable bonds is 3. The Balaban J connectivity index is 1.93. The van der Waals surface area contributed by atoms with E-state index < -0.39 is 5.82 Å². The Morgan fingerprint density at radius 3 is 2.81 bits per heavy atom. The standard InChI is InChI=1S/C11H5BrClFN6O/c12-7-3-6(1-2-8(7)14)21-11-18-9(13)17-10(19-11)20-5-15-4-16-20/h1-5H. The molecule has 0 radical (unpaired) electrons. The fourth-order valence-electron chi connectivity index (χ4n) is 1.43.